The standard InChI is InChI=1S/C32H38N4O7S/c1-20(19-44-21(2)37)31(40)35-14-6-9-27(35)30(39)34-36-18-24-16-25(12-11-23(24)17-28(36)32(41)43-4)33-29(38)13-10-22-7-5-8-26(15-22)42-3/h5,7-8,10-13,15-16,20,27-28H,6,9,14,17-19H2,1-4H3,(H,33,38)(H,34,39)/t20-,27+,28?/m1/s1. The summed E-state index contributed by atoms with van der Waals surface area (Å²) >= 11 is 1.09. The fourth-order valence-electron chi connectivity index (χ4n) is 5.34. The molecule has 0 aliphatic carbocycles. The van der Waals surface area contributed by atoms with Crippen molar-refractivity contribution in [2.24, 2.45) is 5.92 Å². The first-order valence-corrected chi connectivity index (χ1v) is 15.4. The monoisotopic (exact) mass is 622 g/mol. The average molecular weight is 623 g/mol. The molecule has 11 nitrogen and oxygen atoms in total. The second-order valence-electron chi connectivity index (χ2n) is 10.8. The number of anilines is 1. The van der Waals surface area contributed by atoms with Gasteiger partial charge in [0.1, 0.15) is 17.8 Å². The molecule has 3 atom stereocenters. The SMILES string of the molecule is COC(=O)C1Cc2ccc(NC(=O)C=Cc3cccc(OC)c3)cc2CN1NC(=O)[C@@H]1CCCN1C(=O)[C@H](C)CSC(C)=O. The Hall–Kier alpha value is -4.16. The summed E-state index contributed by atoms with van der Waals surface area (Å²) in [5.74, 6) is -0.747. The van der Waals surface area contributed by atoms with Crippen LogP contribution in [0.1, 0.15) is 43.4 Å². The lowest BCUT2D eigenvalue weighted by atomic mass is 9.94. The van der Waals surface area contributed by atoms with Crippen LogP contribution >= 0.6 is 11.8 Å². The third kappa shape index (κ3) is 8.26. The molecule has 2 heterocycles. The van der Waals surface area contributed by atoms with Crippen LogP contribution in [0.2, 0.25) is 0 Å². The van der Waals surface area contributed by atoms with Crippen molar-refractivity contribution in [3.8, 4) is 5.75 Å². The number of rotatable bonds is 10. The second kappa shape index (κ2) is 15.0. The van der Waals surface area contributed by atoms with Crippen molar-refractivity contribution >= 4 is 52.3 Å². The number of likely N-dealkylation sites (tertiary alicyclic amines) is 1. The van der Waals surface area contributed by atoms with Crippen molar-refractivity contribution in [3.63, 3.8) is 0 Å². The molecule has 3 amide bonds. The summed E-state index contributed by atoms with van der Waals surface area (Å²) in [6.07, 6.45) is 4.58. The number of amides is 3. The molecule has 0 saturated carbocycles. The molecule has 2 aliphatic rings. The summed E-state index contributed by atoms with van der Waals surface area (Å²) in [4.78, 5) is 64.9. The van der Waals surface area contributed by atoms with E-state index in [1.54, 1.807) is 36.1 Å². The Morgan fingerprint density at radius 2 is 1.86 bits per heavy atom. The number of esters is 1. The van der Waals surface area contributed by atoms with E-state index in [0.717, 1.165) is 28.5 Å². The van der Waals surface area contributed by atoms with Gasteiger partial charge < -0.3 is 19.7 Å². The average Bonchev–Trinajstić information content (AvgIpc) is 3.52. The third-order valence-electron chi connectivity index (χ3n) is 7.65. The molecule has 1 saturated heterocycles. The van der Waals surface area contributed by atoms with Crippen LogP contribution in [0.15, 0.2) is 48.5 Å². The number of nitrogens with zero attached hydrogens (tertiary/aromatic N) is 2. The van der Waals surface area contributed by atoms with Gasteiger partial charge in [-0.3, -0.25) is 29.4 Å². The van der Waals surface area contributed by atoms with E-state index in [-0.39, 0.29) is 29.4 Å². The molecule has 2 aromatic carbocycles. The zero-order valence-electron chi connectivity index (χ0n) is 25.3. The van der Waals surface area contributed by atoms with Crippen molar-refractivity contribution < 1.29 is 33.4 Å². The summed E-state index contributed by atoms with van der Waals surface area (Å²) in [5.41, 5.74) is 5.99. The Bertz CT molecular complexity index is 1450. The molecule has 44 heavy (non-hydrogen) atoms. The van der Waals surface area contributed by atoms with Crippen LogP contribution < -0.4 is 15.5 Å². The van der Waals surface area contributed by atoms with Crippen LogP contribution in [0.25, 0.3) is 6.08 Å². The lowest BCUT2D eigenvalue weighted by Crippen LogP contribution is -2.58. The smallest absolute Gasteiger partial charge is 0.325 e. The van der Waals surface area contributed by atoms with Gasteiger partial charge >= 0.3 is 5.97 Å². The molecule has 2 N–H and O–H groups in total. The van der Waals surface area contributed by atoms with Gasteiger partial charge in [0.2, 0.25) is 11.8 Å². The molecular weight excluding hydrogens is 584 g/mol. The maximum atomic E-state index is 13.5. The summed E-state index contributed by atoms with van der Waals surface area (Å²) in [7, 11) is 2.88. The van der Waals surface area contributed by atoms with Gasteiger partial charge in [-0.25, -0.2) is 5.01 Å². The van der Waals surface area contributed by atoms with Crippen LogP contribution in [0.4, 0.5) is 5.69 Å². The van der Waals surface area contributed by atoms with Crippen molar-refractivity contribution in [2.45, 2.75) is 51.7 Å². The summed E-state index contributed by atoms with van der Waals surface area (Å²) in [6, 6.07) is 11.3. The zero-order valence-corrected chi connectivity index (χ0v) is 26.1. The number of fused-ring (bicyclic) bond motifs is 1. The number of hydrogen-bond donors (Lipinski definition) is 2. The molecule has 2 aromatic rings. The fourth-order valence-corrected chi connectivity index (χ4v) is 5.97. The molecule has 0 bridgehead atoms. The highest BCUT2D eigenvalue weighted by atomic mass is 32.2. The molecular formula is C32H38N4O7S. The van der Waals surface area contributed by atoms with E-state index in [9.17, 15) is 24.0 Å². The number of nitrogens with one attached hydrogen (secondary N) is 2. The summed E-state index contributed by atoms with van der Waals surface area (Å²) < 4.78 is 10.3. The van der Waals surface area contributed by atoms with E-state index in [1.165, 1.54) is 20.1 Å². The zero-order chi connectivity index (χ0) is 31.8. The lowest BCUT2D eigenvalue weighted by Gasteiger charge is -2.36. The Balaban J connectivity index is 1.45. The van der Waals surface area contributed by atoms with Crippen LogP contribution in [-0.4, -0.2) is 77.3 Å². The molecule has 12 heteroatoms. The maximum absolute atomic E-state index is 13.5. The van der Waals surface area contributed by atoms with Gasteiger partial charge in [-0.2, -0.15) is 0 Å². The number of hydrazine groups is 1. The van der Waals surface area contributed by atoms with Crippen molar-refractivity contribution in [2.75, 3.05) is 31.8 Å². The first kappa shape index (κ1) is 32.7. The molecule has 1 fully saturated rings. The van der Waals surface area contributed by atoms with Crippen LogP contribution in [0.3, 0.4) is 0 Å². The van der Waals surface area contributed by atoms with Gasteiger partial charge in [0, 0.05) is 49.9 Å². The number of thioether (sulfide) groups is 1. The first-order valence-electron chi connectivity index (χ1n) is 14.4. The minimum atomic E-state index is -0.765. The summed E-state index contributed by atoms with van der Waals surface area (Å²) in [5, 5.41) is 4.34. The van der Waals surface area contributed by atoms with Crippen molar-refractivity contribution in [1.29, 1.82) is 0 Å². The highest BCUT2D eigenvalue weighted by Gasteiger charge is 2.39. The number of carbonyl (C=O) groups is 5. The summed E-state index contributed by atoms with van der Waals surface area (Å²) in [6.45, 7) is 3.85. The predicted molar refractivity (Wildman–Crippen MR) is 167 cm³/mol. The minimum absolute atomic E-state index is 0.0629. The van der Waals surface area contributed by atoms with Gasteiger partial charge in [-0.05, 0) is 59.9 Å². The first-order chi connectivity index (χ1) is 21.1. The number of carbonyl (C=O) groups excluding carboxylic acids is 5. The molecule has 4 rings (SSSR count). The maximum Gasteiger partial charge on any atom is 0.325 e. The van der Waals surface area contributed by atoms with Crippen LogP contribution in [0.5, 0.6) is 5.75 Å². The molecule has 234 valence electrons. The highest BCUT2D eigenvalue weighted by molar-refractivity contribution is 8.13. The Kier molecular flexibility index (Phi) is 11.2. The lowest BCUT2D eigenvalue weighted by molar-refractivity contribution is -0.152. The van der Waals surface area contributed by atoms with E-state index >= 15 is 0 Å². The topological polar surface area (TPSA) is 134 Å². The van der Waals surface area contributed by atoms with E-state index in [0.29, 0.717) is 43.0 Å². The number of benzene rings is 2. The van der Waals surface area contributed by atoms with Crippen LogP contribution in [0, 0.1) is 5.92 Å². The third-order valence-corrected chi connectivity index (χ3v) is 8.72. The Morgan fingerprint density at radius 1 is 1.07 bits per heavy atom. The van der Waals surface area contributed by atoms with Gasteiger partial charge in [0.05, 0.1) is 14.2 Å². The van der Waals surface area contributed by atoms with Crippen molar-refractivity contribution in [3.05, 3.63) is 65.2 Å². The van der Waals surface area contributed by atoms with Crippen molar-refractivity contribution in [1.82, 2.24) is 15.3 Å². The quantitative estimate of drug-likeness (QED) is 0.303. The van der Waals surface area contributed by atoms with E-state index < -0.39 is 24.0 Å². The van der Waals surface area contributed by atoms with E-state index in [1.807, 2.05) is 36.4 Å². The minimum Gasteiger partial charge on any atom is -0.497 e. The van der Waals surface area contributed by atoms with Gasteiger partial charge in [0.15, 0.2) is 5.12 Å². The van der Waals surface area contributed by atoms with E-state index in [4.69, 9.17) is 9.47 Å². The van der Waals surface area contributed by atoms with Gasteiger partial charge in [-0.1, -0.05) is 36.9 Å². The molecule has 1 unspecified atom stereocenters. The number of hydrogen-bond acceptors (Lipinski definition) is 9. The van der Waals surface area contributed by atoms with Gasteiger partial charge in [-0.15, -0.1) is 0 Å². The Morgan fingerprint density at radius 3 is 2.59 bits per heavy atom. The normalized spacial score (nSPS) is 18.8. The van der Waals surface area contributed by atoms with Crippen LogP contribution in [-0.2, 0) is 41.7 Å². The number of ether oxygens (including phenoxy) is 2. The Labute approximate surface area is 261 Å². The molecule has 2 aliphatic heterocycles. The molecule has 0 aromatic heterocycles. The largest absolute Gasteiger partial charge is 0.497 e. The molecule has 0 radical (unpaired) electrons. The highest BCUT2D eigenvalue weighted by Crippen LogP contribution is 2.27. The predicted octanol–water partition coefficient (Wildman–Crippen LogP) is 3.18. The molecule has 0 spiro atoms. The van der Waals surface area contributed by atoms with Gasteiger partial charge in [0.25, 0.3) is 5.91 Å². The fraction of sp³-hybridized carbons (Fsp3) is 0.406. The number of methoxy groups -OCH3 is 2. The van der Waals surface area contributed by atoms with E-state index in [2.05, 4.69) is 10.7 Å². The second-order valence-corrected chi connectivity index (χ2v) is 12.0.